The standard InChI is InChI=1S/C24H25FN2O4S2/c1-31-23(28)22-19-12-14-27(15-17-7-3-2-4-8-17)16-21(19)32-24(22)33(29,30)26-13-11-18-9-5-6-10-20(18)25/h2-10,26H,11-16H2,1H3. The Hall–Kier alpha value is -2.59. The number of rotatable bonds is 8. The van der Waals surface area contributed by atoms with Crippen molar-refractivity contribution in [3.8, 4) is 0 Å². The summed E-state index contributed by atoms with van der Waals surface area (Å²) in [7, 11) is -2.72. The highest BCUT2D eigenvalue weighted by Crippen LogP contribution is 2.37. The monoisotopic (exact) mass is 488 g/mol. The van der Waals surface area contributed by atoms with Gasteiger partial charge in [0, 0.05) is 31.1 Å². The molecule has 0 saturated carbocycles. The first kappa shape index (κ1) is 23.6. The predicted molar refractivity (Wildman–Crippen MR) is 125 cm³/mol. The number of methoxy groups -OCH3 is 1. The summed E-state index contributed by atoms with van der Waals surface area (Å²) in [5.41, 5.74) is 2.46. The fourth-order valence-corrected chi connectivity index (χ4v) is 6.99. The molecule has 1 aromatic heterocycles. The molecule has 0 atom stereocenters. The molecular weight excluding hydrogens is 463 g/mol. The first-order valence-corrected chi connectivity index (χ1v) is 12.9. The van der Waals surface area contributed by atoms with Gasteiger partial charge in [0.2, 0.25) is 0 Å². The van der Waals surface area contributed by atoms with Crippen molar-refractivity contribution in [2.75, 3.05) is 20.2 Å². The van der Waals surface area contributed by atoms with E-state index in [-0.39, 0.29) is 28.6 Å². The Labute approximate surface area is 197 Å². The van der Waals surface area contributed by atoms with Crippen molar-refractivity contribution in [1.29, 1.82) is 0 Å². The van der Waals surface area contributed by atoms with E-state index in [9.17, 15) is 17.6 Å². The Kier molecular flexibility index (Phi) is 7.23. The van der Waals surface area contributed by atoms with Crippen LogP contribution in [0.25, 0.3) is 0 Å². The van der Waals surface area contributed by atoms with Crippen LogP contribution in [-0.4, -0.2) is 39.5 Å². The molecule has 3 aromatic rings. The smallest absolute Gasteiger partial charge is 0.340 e. The zero-order valence-corrected chi connectivity index (χ0v) is 19.8. The first-order valence-electron chi connectivity index (χ1n) is 10.6. The number of halogens is 1. The SMILES string of the molecule is COC(=O)c1c(S(=O)(=O)NCCc2ccccc2F)sc2c1CCN(Cc1ccccc1)C2. The van der Waals surface area contributed by atoms with Crippen LogP contribution in [0.2, 0.25) is 0 Å². The fraction of sp³-hybridized carbons (Fsp3) is 0.292. The minimum absolute atomic E-state index is 0.0204. The summed E-state index contributed by atoms with van der Waals surface area (Å²) in [6, 6.07) is 16.3. The summed E-state index contributed by atoms with van der Waals surface area (Å²) in [6.07, 6.45) is 0.767. The van der Waals surface area contributed by atoms with Gasteiger partial charge in [0.05, 0.1) is 12.7 Å². The molecule has 1 aliphatic rings. The van der Waals surface area contributed by atoms with Gasteiger partial charge in [0.15, 0.2) is 0 Å². The number of hydrogen-bond acceptors (Lipinski definition) is 6. The lowest BCUT2D eigenvalue weighted by Gasteiger charge is -2.27. The maximum absolute atomic E-state index is 13.9. The quantitative estimate of drug-likeness (QED) is 0.489. The summed E-state index contributed by atoms with van der Waals surface area (Å²) in [5.74, 6) is -1.03. The number of benzene rings is 2. The van der Waals surface area contributed by atoms with Gasteiger partial charge in [-0.2, -0.15) is 0 Å². The molecule has 1 N–H and O–H groups in total. The number of sulfonamides is 1. The molecule has 9 heteroatoms. The summed E-state index contributed by atoms with van der Waals surface area (Å²) < 4.78 is 47.5. The van der Waals surface area contributed by atoms with E-state index in [1.165, 1.54) is 18.7 Å². The Morgan fingerprint density at radius 3 is 2.61 bits per heavy atom. The lowest BCUT2D eigenvalue weighted by molar-refractivity contribution is 0.0595. The van der Waals surface area contributed by atoms with Gasteiger partial charge in [-0.25, -0.2) is 22.3 Å². The number of nitrogens with zero attached hydrogens (tertiary/aromatic N) is 1. The minimum Gasteiger partial charge on any atom is -0.465 e. The number of nitrogens with one attached hydrogen (secondary N) is 1. The maximum atomic E-state index is 13.9. The Bertz CT molecular complexity index is 1240. The lowest BCUT2D eigenvalue weighted by Crippen LogP contribution is -2.30. The van der Waals surface area contributed by atoms with Gasteiger partial charge in [-0.3, -0.25) is 4.90 Å². The van der Waals surface area contributed by atoms with Crippen LogP contribution in [0.5, 0.6) is 0 Å². The van der Waals surface area contributed by atoms with Crippen molar-refractivity contribution in [1.82, 2.24) is 9.62 Å². The molecule has 1 aliphatic heterocycles. The molecule has 2 heterocycles. The average Bonchev–Trinajstić information content (AvgIpc) is 3.20. The van der Waals surface area contributed by atoms with Gasteiger partial charge < -0.3 is 4.74 Å². The molecule has 0 unspecified atom stereocenters. The molecule has 33 heavy (non-hydrogen) atoms. The number of ether oxygens (including phenoxy) is 1. The van der Waals surface area contributed by atoms with Gasteiger partial charge in [-0.15, -0.1) is 11.3 Å². The van der Waals surface area contributed by atoms with Crippen molar-refractivity contribution in [2.45, 2.75) is 30.1 Å². The number of carbonyl (C=O) groups is 1. The molecule has 0 fully saturated rings. The molecule has 0 radical (unpaired) electrons. The van der Waals surface area contributed by atoms with E-state index in [1.807, 2.05) is 18.2 Å². The molecule has 0 spiro atoms. The number of thiophene rings is 1. The second-order valence-electron chi connectivity index (χ2n) is 7.84. The number of esters is 1. The fourth-order valence-electron chi connectivity index (χ4n) is 3.99. The largest absolute Gasteiger partial charge is 0.465 e. The molecule has 174 valence electrons. The predicted octanol–water partition coefficient (Wildman–Crippen LogP) is 3.75. The van der Waals surface area contributed by atoms with Crippen LogP contribution in [0.3, 0.4) is 0 Å². The molecule has 2 aromatic carbocycles. The molecule has 4 rings (SSSR count). The Morgan fingerprint density at radius 1 is 1.15 bits per heavy atom. The molecule has 0 bridgehead atoms. The minimum atomic E-state index is -3.97. The highest BCUT2D eigenvalue weighted by molar-refractivity contribution is 7.91. The Morgan fingerprint density at radius 2 is 1.88 bits per heavy atom. The van der Waals surface area contributed by atoms with Crippen molar-refractivity contribution in [3.05, 3.63) is 87.5 Å². The zero-order chi connectivity index (χ0) is 23.4. The van der Waals surface area contributed by atoms with Crippen LogP contribution in [0.15, 0.2) is 58.8 Å². The summed E-state index contributed by atoms with van der Waals surface area (Å²) in [4.78, 5) is 15.6. The normalized spacial score (nSPS) is 14.1. The van der Waals surface area contributed by atoms with Gasteiger partial charge in [-0.1, -0.05) is 48.5 Å². The van der Waals surface area contributed by atoms with E-state index in [2.05, 4.69) is 21.8 Å². The van der Waals surface area contributed by atoms with E-state index < -0.39 is 16.0 Å². The van der Waals surface area contributed by atoms with Gasteiger partial charge in [0.1, 0.15) is 10.0 Å². The van der Waals surface area contributed by atoms with E-state index >= 15 is 0 Å². The van der Waals surface area contributed by atoms with Crippen molar-refractivity contribution in [2.24, 2.45) is 0 Å². The van der Waals surface area contributed by atoms with Crippen LogP contribution in [-0.2, 0) is 40.7 Å². The highest BCUT2D eigenvalue weighted by atomic mass is 32.2. The van der Waals surface area contributed by atoms with Gasteiger partial charge >= 0.3 is 5.97 Å². The van der Waals surface area contributed by atoms with E-state index in [1.54, 1.807) is 18.2 Å². The molecule has 0 amide bonds. The Balaban J connectivity index is 1.55. The molecule has 0 saturated heterocycles. The average molecular weight is 489 g/mol. The third-order valence-electron chi connectivity index (χ3n) is 5.63. The van der Waals surface area contributed by atoms with E-state index in [4.69, 9.17) is 4.74 Å². The second-order valence-corrected chi connectivity index (χ2v) is 10.9. The van der Waals surface area contributed by atoms with Crippen LogP contribution >= 0.6 is 11.3 Å². The van der Waals surface area contributed by atoms with Gasteiger partial charge in [-0.05, 0) is 35.6 Å². The van der Waals surface area contributed by atoms with E-state index in [0.29, 0.717) is 25.1 Å². The second kappa shape index (κ2) is 10.1. The highest BCUT2D eigenvalue weighted by Gasteiger charge is 2.33. The van der Waals surface area contributed by atoms with Crippen LogP contribution in [0.1, 0.15) is 31.9 Å². The van der Waals surface area contributed by atoms with Gasteiger partial charge in [0.25, 0.3) is 10.0 Å². The third kappa shape index (κ3) is 5.33. The first-order chi connectivity index (χ1) is 15.9. The summed E-state index contributed by atoms with van der Waals surface area (Å²) >= 11 is 1.11. The number of hydrogen-bond donors (Lipinski definition) is 1. The van der Waals surface area contributed by atoms with Crippen molar-refractivity contribution >= 4 is 27.3 Å². The lowest BCUT2D eigenvalue weighted by atomic mass is 10.0. The third-order valence-corrected chi connectivity index (χ3v) is 8.83. The number of carbonyl (C=O) groups excluding carboxylic acids is 1. The maximum Gasteiger partial charge on any atom is 0.340 e. The molecule has 6 nitrogen and oxygen atoms in total. The van der Waals surface area contributed by atoms with Crippen molar-refractivity contribution < 1.29 is 22.3 Å². The van der Waals surface area contributed by atoms with Crippen molar-refractivity contribution in [3.63, 3.8) is 0 Å². The molecular formula is C24H25FN2O4S2. The van der Waals surface area contributed by atoms with Crippen LogP contribution in [0.4, 0.5) is 4.39 Å². The zero-order valence-electron chi connectivity index (χ0n) is 18.2. The summed E-state index contributed by atoms with van der Waals surface area (Å²) in [5, 5.41) is 0. The van der Waals surface area contributed by atoms with Crippen LogP contribution < -0.4 is 4.72 Å². The summed E-state index contributed by atoms with van der Waals surface area (Å²) in [6.45, 7) is 2.04. The van der Waals surface area contributed by atoms with E-state index in [0.717, 1.165) is 28.3 Å². The topological polar surface area (TPSA) is 75.7 Å². The number of fused-ring (bicyclic) bond motifs is 1. The van der Waals surface area contributed by atoms with Crippen LogP contribution in [0, 0.1) is 5.82 Å². The molecule has 0 aliphatic carbocycles.